The smallest absolute Gasteiger partial charge is 0.255 e. The van der Waals surface area contributed by atoms with E-state index >= 15 is 0 Å². The Labute approximate surface area is 236 Å². The molecular weight excluding hydrogens is 510 g/mol. The fraction of sp³-hybridized carbons (Fsp3) is 0.677. The van der Waals surface area contributed by atoms with Gasteiger partial charge in [-0.25, -0.2) is 0 Å². The molecule has 5 rings (SSSR count). The van der Waals surface area contributed by atoms with Gasteiger partial charge in [-0.15, -0.1) is 0 Å². The number of rotatable bonds is 10. The minimum absolute atomic E-state index is 0.0720. The molecule has 2 bridgehead atoms. The van der Waals surface area contributed by atoms with E-state index in [1.807, 2.05) is 6.92 Å². The van der Waals surface area contributed by atoms with Crippen molar-refractivity contribution in [2.24, 2.45) is 16.7 Å². The van der Waals surface area contributed by atoms with Crippen LogP contribution in [0.25, 0.3) is 0 Å². The molecule has 2 N–H and O–H groups in total. The molecule has 9 nitrogen and oxygen atoms in total. The van der Waals surface area contributed by atoms with E-state index in [9.17, 15) is 19.6 Å². The maximum absolute atomic E-state index is 13.6. The molecule has 216 valence electrons. The SMILES string of the molecule is CCC1(C=O)CCC(Oc2cc(C(=O)N[C@H]3[C@@H](C(=O)NCC4(C)CCC4)[C@H]4CC[C@@H]3O4)c(OC)cc2C#N)CC1. The van der Waals surface area contributed by atoms with Crippen molar-refractivity contribution in [2.45, 2.75) is 102 Å². The molecule has 2 aliphatic carbocycles. The number of nitrogens with zero attached hydrogens (tertiary/aromatic N) is 1. The zero-order chi connectivity index (χ0) is 28.5. The lowest BCUT2D eigenvalue weighted by Gasteiger charge is -2.39. The van der Waals surface area contributed by atoms with Crippen LogP contribution >= 0.6 is 0 Å². The predicted molar refractivity (Wildman–Crippen MR) is 147 cm³/mol. The molecule has 2 aliphatic heterocycles. The van der Waals surface area contributed by atoms with Gasteiger partial charge in [-0.2, -0.15) is 5.26 Å². The Balaban J connectivity index is 1.31. The topological polar surface area (TPSA) is 127 Å². The van der Waals surface area contributed by atoms with Gasteiger partial charge in [-0.05, 0) is 69.3 Å². The third kappa shape index (κ3) is 5.43. The van der Waals surface area contributed by atoms with Crippen LogP contribution in [0.2, 0.25) is 0 Å². The van der Waals surface area contributed by atoms with E-state index < -0.39 is 17.9 Å². The first-order chi connectivity index (χ1) is 19.2. The van der Waals surface area contributed by atoms with Gasteiger partial charge in [0.2, 0.25) is 5.91 Å². The summed E-state index contributed by atoms with van der Waals surface area (Å²) in [6.45, 7) is 4.86. The van der Waals surface area contributed by atoms with Crippen molar-refractivity contribution in [3.8, 4) is 17.6 Å². The van der Waals surface area contributed by atoms with Crippen molar-refractivity contribution in [1.29, 1.82) is 5.26 Å². The molecule has 1 aromatic carbocycles. The van der Waals surface area contributed by atoms with Crippen LogP contribution in [-0.4, -0.2) is 56.1 Å². The van der Waals surface area contributed by atoms with E-state index in [-0.39, 0.29) is 51.9 Å². The van der Waals surface area contributed by atoms with Gasteiger partial charge in [0.15, 0.2) is 0 Å². The number of amides is 2. The maximum Gasteiger partial charge on any atom is 0.255 e. The van der Waals surface area contributed by atoms with Crippen LogP contribution in [0.5, 0.6) is 11.5 Å². The van der Waals surface area contributed by atoms with E-state index in [1.165, 1.54) is 19.6 Å². The fourth-order valence-electron chi connectivity index (χ4n) is 6.91. The Morgan fingerprint density at radius 2 is 1.85 bits per heavy atom. The highest BCUT2D eigenvalue weighted by molar-refractivity contribution is 5.98. The van der Waals surface area contributed by atoms with Crippen LogP contribution in [0.15, 0.2) is 12.1 Å². The van der Waals surface area contributed by atoms with Crippen LogP contribution in [0.1, 0.15) is 94.0 Å². The molecule has 2 amide bonds. The molecule has 2 heterocycles. The van der Waals surface area contributed by atoms with Gasteiger partial charge in [0.1, 0.15) is 23.9 Å². The number of aldehydes is 1. The minimum atomic E-state index is -0.453. The molecule has 2 saturated carbocycles. The van der Waals surface area contributed by atoms with Gasteiger partial charge >= 0.3 is 0 Å². The summed E-state index contributed by atoms with van der Waals surface area (Å²) in [6.07, 6.45) is 9.15. The number of ether oxygens (including phenoxy) is 3. The van der Waals surface area contributed by atoms with Crippen LogP contribution in [0, 0.1) is 28.1 Å². The molecule has 9 heteroatoms. The number of nitrogens with one attached hydrogen (secondary N) is 2. The number of methoxy groups -OCH3 is 1. The quantitative estimate of drug-likeness (QED) is 0.420. The highest BCUT2D eigenvalue weighted by Gasteiger charge is 2.53. The average Bonchev–Trinajstić information content (AvgIpc) is 3.57. The van der Waals surface area contributed by atoms with Gasteiger partial charge in [-0.1, -0.05) is 20.3 Å². The number of fused-ring (bicyclic) bond motifs is 2. The van der Waals surface area contributed by atoms with Crippen LogP contribution < -0.4 is 20.1 Å². The highest BCUT2D eigenvalue weighted by atomic mass is 16.5. The zero-order valence-corrected chi connectivity index (χ0v) is 23.8. The van der Waals surface area contributed by atoms with Crippen molar-refractivity contribution in [2.75, 3.05) is 13.7 Å². The number of nitriles is 1. The van der Waals surface area contributed by atoms with Crippen molar-refractivity contribution in [1.82, 2.24) is 10.6 Å². The molecule has 2 saturated heterocycles. The molecule has 40 heavy (non-hydrogen) atoms. The normalized spacial score (nSPS) is 31.9. The Hall–Kier alpha value is -3.12. The van der Waals surface area contributed by atoms with Gasteiger partial charge in [0.25, 0.3) is 5.91 Å². The summed E-state index contributed by atoms with van der Waals surface area (Å²) in [4.78, 5) is 38.6. The first kappa shape index (κ1) is 28.4. The summed E-state index contributed by atoms with van der Waals surface area (Å²) in [6, 6.07) is 4.79. The second kappa shape index (κ2) is 11.4. The zero-order valence-electron chi connectivity index (χ0n) is 23.8. The number of benzene rings is 1. The number of carbonyl (C=O) groups is 3. The second-order valence-electron chi connectivity index (χ2n) is 12.5. The second-order valence-corrected chi connectivity index (χ2v) is 12.5. The fourth-order valence-corrected chi connectivity index (χ4v) is 6.91. The molecule has 4 aliphatic rings. The van der Waals surface area contributed by atoms with Crippen LogP contribution in [0.3, 0.4) is 0 Å². The molecule has 0 radical (unpaired) electrons. The molecule has 4 fully saturated rings. The summed E-state index contributed by atoms with van der Waals surface area (Å²) in [5.74, 6) is -0.340. The Bertz CT molecular complexity index is 1180. The van der Waals surface area contributed by atoms with E-state index in [1.54, 1.807) is 6.07 Å². The van der Waals surface area contributed by atoms with Crippen molar-refractivity contribution in [3.63, 3.8) is 0 Å². The third-order valence-corrected chi connectivity index (χ3v) is 9.97. The molecule has 4 atom stereocenters. The molecule has 0 spiro atoms. The summed E-state index contributed by atoms with van der Waals surface area (Å²) in [5.41, 5.74) is 0.375. The standard InChI is InChI=1S/C31H41N3O6/c1-4-31(18-35)12-8-20(9-13-31)39-24-15-21(25(38-3)14-19(24)16-32)28(36)34-27-23-7-6-22(40-23)26(27)29(37)33-17-30(2)10-5-11-30/h14-15,18,20,22-23,26-27H,4-13,17H2,1-3H3,(H,33,37)(H,34,36)/t20?,22-,23+,26+,27-,31?/m1/s1. The minimum Gasteiger partial charge on any atom is -0.496 e. The first-order valence-electron chi connectivity index (χ1n) is 14.7. The summed E-state index contributed by atoms with van der Waals surface area (Å²) < 4.78 is 17.8. The Morgan fingerprint density at radius 1 is 1.12 bits per heavy atom. The van der Waals surface area contributed by atoms with E-state index in [0.29, 0.717) is 25.1 Å². The molecule has 1 aromatic rings. The Morgan fingerprint density at radius 3 is 2.45 bits per heavy atom. The lowest BCUT2D eigenvalue weighted by Crippen LogP contribution is -2.53. The van der Waals surface area contributed by atoms with E-state index in [0.717, 1.165) is 51.2 Å². The van der Waals surface area contributed by atoms with Crippen molar-refractivity contribution >= 4 is 18.1 Å². The van der Waals surface area contributed by atoms with Crippen LogP contribution in [0.4, 0.5) is 0 Å². The lowest BCUT2D eigenvalue weighted by molar-refractivity contribution is -0.127. The molecular formula is C31H41N3O6. The van der Waals surface area contributed by atoms with Gasteiger partial charge < -0.3 is 29.6 Å². The largest absolute Gasteiger partial charge is 0.496 e. The lowest BCUT2D eigenvalue weighted by atomic mass is 9.70. The first-order valence-corrected chi connectivity index (χ1v) is 14.7. The van der Waals surface area contributed by atoms with Crippen LogP contribution in [-0.2, 0) is 14.3 Å². The summed E-state index contributed by atoms with van der Waals surface area (Å²) in [5, 5.41) is 16.0. The number of hydrogen-bond donors (Lipinski definition) is 2. The van der Waals surface area contributed by atoms with E-state index in [4.69, 9.17) is 14.2 Å². The molecule has 0 unspecified atom stereocenters. The van der Waals surface area contributed by atoms with Gasteiger partial charge in [0.05, 0.1) is 48.5 Å². The maximum atomic E-state index is 13.6. The Kier molecular flexibility index (Phi) is 8.10. The average molecular weight is 552 g/mol. The van der Waals surface area contributed by atoms with Gasteiger partial charge in [-0.3, -0.25) is 9.59 Å². The van der Waals surface area contributed by atoms with Crippen molar-refractivity contribution < 1.29 is 28.6 Å². The monoisotopic (exact) mass is 551 g/mol. The summed E-state index contributed by atoms with van der Waals surface area (Å²) >= 11 is 0. The number of carbonyl (C=O) groups excluding carboxylic acids is 3. The highest BCUT2D eigenvalue weighted by Crippen LogP contribution is 2.42. The summed E-state index contributed by atoms with van der Waals surface area (Å²) in [7, 11) is 1.45. The molecule has 0 aromatic heterocycles. The van der Waals surface area contributed by atoms with Gasteiger partial charge in [0, 0.05) is 18.0 Å². The number of hydrogen-bond acceptors (Lipinski definition) is 7. The third-order valence-electron chi connectivity index (χ3n) is 9.97. The van der Waals surface area contributed by atoms with Crippen molar-refractivity contribution in [3.05, 3.63) is 23.3 Å². The van der Waals surface area contributed by atoms with E-state index in [2.05, 4.69) is 23.6 Å². The predicted octanol–water partition coefficient (Wildman–Crippen LogP) is 4.07.